The van der Waals surface area contributed by atoms with Crippen LogP contribution in [-0.2, 0) is 4.79 Å². The molecule has 18 heavy (non-hydrogen) atoms. The van der Waals surface area contributed by atoms with E-state index in [1.165, 1.54) is 25.1 Å². The third-order valence-electron chi connectivity index (χ3n) is 2.68. The number of phenolic OH excluding ortho intramolecular Hbond substituents is 1. The summed E-state index contributed by atoms with van der Waals surface area (Å²) in [4.78, 5) is 23.0. The molecule has 0 fully saturated rings. The minimum atomic E-state index is -0.975. The Morgan fingerprint density at radius 1 is 1.33 bits per heavy atom. The highest BCUT2D eigenvalue weighted by atomic mass is 79.9. The van der Waals surface area contributed by atoms with Gasteiger partial charge in [0.1, 0.15) is 5.75 Å². The van der Waals surface area contributed by atoms with E-state index in [9.17, 15) is 14.7 Å². The highest BCUT2D eigenvalue weighted by Gasteiger charge is 2.28. The van der Waals surface area contributed by atoms with Crippen LogP contribution >= 0.6 is 15.9 Å². The van der Waals surface area contributed by atoms with Crippen molar-refractivity contribution < 1.29 is 19.8 Å². The fourth-order valence-electron chi connectivity index (χ4n) is 1.47. The van der Waals surface area contributed by atoms with Crippen LogP contribution in [0, 0.1) is 0 Å². The zero-order valence-electron chi connectivity index (χ0n) is 10.4. The number of halogens is 1. The van der Waals surface area contributed by atoms with Crippen LogP contribution in [-0.4, -0.2) is 26.3 Å². The van der Waals surface area contributed by atoms with Crippen molar-refractivity contribution in [3.05, 3.63) is 29.3 Å². The number of carboxylic acids is 1. The lowest BCUT2D eigenvalue weighted by Gasteiger charge is -2.17. The first-order valence-corrected chi connectivity index (χ1v) is 6.23. The number of hydrogen-bond acceptors (Lipinski definition) is 3. The van der Waals surface area contributed by atoms with Crippen molar-refractivity contribution in [3.8, 4) is 5.75 Å². The molecular formula is C13H15BrO4. The average molecular weight is 315 g/mol. The fraction of sp³-hybridized carbons (Fsp3) is 0.385. The van der Waals surface area contributed by atoms with Gasteiger partial charge in [0.15, 0.2) is 5.78 Å². The van der Waals surface area contributed by atoms with Gasteiger partial charge in [0.05, 0.1) is 15.8 Å². The molecule has 1 atom stereocenters. The van der Waals surface area contributed by atoms with Gasteiger partial charge in [-0.15, -0.1) is 0 Å². The Balaban J connectivity index is 3.25. The largest absolute Gasteiger partial charge is 0.507 e. The smallest absolute Gasteiger partial charge is 0.310 e. The van der Waals surface area contributed by atoms with E-state index in [1.54, 1.807) is 13.8 Å². The van der Waals surface area contributed by atoms with Gasteiger partial charge in [-0.05, 0) is 38.5 Å². The molecule has 0 bridgehead atoms. The highest BCUT2D eigenvalue weighted by Crippen LogP contribution is 2.30. The Morgan fingerprint density at radius 3 is 2.33 bits per heavy atom. The average Bonchev–Trinajstić information content (AvgIpc) is 2.26. The molecule has 0 spiro atoms. The number of aromatic hydroxyl groups is 1. The van der Waals surface area contributed by atoms with Crippen LogP contribution in [0.25, 0.3) is 0 Å². The van der Waals surface area contributed by atoms with Crippen molar-refractivity contribution in [2.75, 3.05) is 0 Å². The molecule has 0 radical (unpaired) electrons. The van der Waals surface area contributed by atoms with Crippen molar-refractivity contribution in [2.24, 2.45) is 0 Å². The van der Waals surface area contributed by atoms with Crippen molar-refractivity contribution in [3.63, 3.8) is 0 Å². The number of carbonyl (C=O) groups excluding carboxylic acids is 1. The maximum absolute atomic E-state index is 12.1. The molecule has 1 aromatic carbocycles. The maximum Gasteiger partial charge on any atom is 0.310 e. The van der Waals surface area contributed by atoms with Gasteiger partial charge in [-0.25, -0.2) is 0 Å². The predicted molar refractivity (Wildman–Crippen MR) is 71.5 cm³/mol. The number of aliphatic carboxylic acids is 1. The van der Waals surface area contributed by atoms with Crippen molar-refractivity contribution in [1.82, 2.24) is 0 Å². The summed E-state index contributed by atoms with van der Waals surface area (Å²) in [6.45, 7) is 4.87. The van der Waals surface area contributed by atoms with E-state index in [2.05, 4.69) is 15.9 Å². The van der Waals surface area contributed by atoms with E-state index in [-0.39, 0.29) is 17.1 Å². The van der Waals surface area contributed by atoms with Crippen LogP contribution in [0.1, 0.15) is 42.6 Å². The summed E-state index contributed by atoms with van der Waals surface area (Å²) in [5.41, 5.74) is 0.614. The molecule has 0 saturated heterocycles. The molecule has 2 N–H and O–H groups in total. The first-order chi connectivity index (χ1) is 8.14. The minimum Gasteiger partial charge on any atom is -0.507 e. The van der Waals surface area contributed by atoms with Gasteiger partial charge >= 0.3 is 5.97 Å². The van der Waals surface area contributed by atoms with Crippen LogP contribution in [0.5, 0.6) is 5.75 Å². The molecule has 0 aliphatic heterocycles. The maximum atomic E-state index is 12.1. The number of phenols is 1. The molecule has 0 saturated carbocycles. The molecule has 1 aromatic rings. The molecule has 0 amide bonds. The topological polar surface area (TPSA) is 74.6 Å². The molecule has 5 heteroatoms. The van der Waals surface area contributed by atoms with E-state index in [4.69, 9.17) is 5.11 Å². The third-order valence-corrected chi connectivity index (χ3v) is 3.04. The summed E-state index contributed by atoms with van der Waals surface area (Å²) in [7, 11) is 0. The molecule has 0 aliphatic carbocycles. The number of carbonyl (C=O) groups is 2. The number of Topliss-reactive ketones (excluding diaryl/α,β-unsaturated/α-hetero) is 1. The normalized spacial score (nSPS) is 13.1. The first kappa shape index (κ1) is 14.7. The van der Waals surface area contributed by atoms with Crippen LogP contribution in [0.4, 0.5) is 0 Å². The van der Waals surface area contributed by atoms with E-state index < -0.39 is 16.2 Å². The molecule has 0 aliphatic rings. The second kappa shape index (κ2) is 5.10. The molecule has 98 valence electrons. The van der Waals surface area contributed by atoms with Crippen molar-refractivity contribution in [2.45, 2.75) is 31.0 Å². The monoisotopic (exact) mass is 314 g/mol. The Morgan fingerprint density at radius 2 is 1.89 bits per heavy atom. The fourth-order valence-corrected chi connectivity index (χ4v) is 1.68. The van der Waals surface area contributed by atoms with E-state index in [1.807, 2.05) is 0 Å². The predicted octanol–water partition coefficient (Wildman–Crippen LogP) is 2.94. The van der Waals surface area contributed by atoms with Gasteiger partial charge < -0.3 is 10.2 Å². The van der Waals surface area contributed by atoms with Crippen LogP contribution in [0.2, 0.25) is 0 Å². The number of alkyl halides is 1. The summed E-state index contributed by atoms with van der Waals surface area (Å²) >= 11 is 3.23. The van der Waals surface area contributed by atoms with Gasteiger partial charge in [-0.1, -0.05) is 22.0 Å². The molecule has 1 rings (SSSR count). The highest BCUT2D eigenvalue weighted by molar-refractivity contribution is 9.10. The quantitative estimate of drug-likeness (QED) is 0.662. The number of ketones is 1. The summed E-state index contributed by atoms with van der Waals surface area (Å²) < 4.78 is -0.810. The molecule has 1 unspecified atom stereocenters. The van der Waals surface area contributed by atoms with Gasteiger partial charge in [-0.2, -0.15) is 0 Å². The van der Waals surface area contributed by atoms with E-state index >= 15 is 0 Å². The van der Waals surface area contributed by atoms with Crippen LogP contribution in [0.15, 0.2) is 18.2 Å². The first-order valence-electron chi connectivity index (χ1n) is 5.44. The van der Waals surface area contributed by atoms with E-state index in [0.717, 1.165) is 0 Å². The summed E-state index contributed by atoms with van der Waals surface area (Å²) in [6.07, 6.45) is 0. The molecule has 0 heterocycles. The lowest BCUT2D eigenvalue weighted by molar-refractivity contribution is -0.138. The number of rotatable bonds is 4. The second-order valence-corrected chi connectivity index (χ2v) is 6.62. The molecule has 0 aromatic heterocycles. The zero-order chi connectivity index (χ0) is 14.1. The Bertz CT molecular complexity index is 488. The SMILES string of the molecule is CC(C(=O)O)c1ccc(O)c(C(=O)C(C)(C)Br)c1. The van der Waals surface area contributed by atoms with Gasteiger partial charge in [0, 0.05) is 0 Å². The van der Waals surface area contributed by atoms with Crippen LogP contribution in [0.3, 0.4) is 0 Å². The van der Waals surface area contributed by atoms with Crippen LogP contribution < -0.4 is 0 Å². The van der Waals surface area contributed by atoms with E-state index in [0.29, 0.717) is 5.56 Å². The van der Waals surface area contributed by atoms with Crippen molar-refractivity contribution >= 4 is 27.7 Å². The van der Waals surface area contributed by atoms with Gasteiger partial charge in [-0.3, -0.25) is 9.59 Å². The summed E-state index contributed by atoms with van der Waals surface area (Å²) in [6, 6.07) is 4.28. The van der Waals surface area contributed by atoms with Gasteiger partial charge in [0.2, 0.25) is 0 Å². The minimum absolute atomic E-state index is 0.127. The third kappa shape index (κ3) is 3.10. The Hall–Kier alpha value is -1.36. The summed E-state index contributed by atoms with van der Waals surface area (Å²) in [5, 5.41) is 18.6. The number of hydrogen-bond donors (Lipinski definition) is 2. The number of carboxylic acid groups (broad SMARTS) is 1. The lowest BCUT2D eigenvalue weighted by Crippen LogP contribution is -2.24. The molecule has 4 nitrogen and oxygen atoms in total. The van der Waals surface area contributed by atoms with Crippen molar-refractivity contribution in [1.29, 1.82) is 0 Å². The Labute approximate surface area is 114 Å². The lowest BCUT2D eigenvalue weighted by atomic mass is 9.94. The second-order valence-electron chi connectivity index (χ2n) is 4.64. The summed E-state index contributed by atoms with van der Waals surface area (Å²) in [5.74, 6) is -2.14. The number of benzene rings is 1. The molecular weight excluding hydrogens is 300 g/mol. The standard InChI is InChI=1S/C13H15BrO4/c1-7(12(17)18)8-4-5-10(15)9(6-8)11(16)13(2,3)14/h4-7,15H,1-3H3,(H,17,18). The van der Waals surface area contributed by atoms with Gasteiger partial charge in [0.25, 0.3) is 0 Å². The zero-order valence-corrected chi connectivity index (χ0v) is 12.0. The Kier molecular flexibility index (Phi) is 4.16.